The van der Waals surface area contributed by atoms with Gasteiger partial charge in [-0.1, -0.05) is 109 Å². The Bertz CT molecular complexity index is 1760. The van der Waals surface area contributed by atoms with Gasteiger partial charge in [-0.25, -0.2) is 4.57 Å². The molecule has 1 heterocycles. The lowest BCUT2D eigenvalue weighted by atomic mass is 9.92. The van der Waals surface area contributed by atoms with E-state index in [1.807, 2.05) is 97.1 Å². The van der Waals surface area contributed by atoms with Crippen LogP contribution in [0.2, 0.25) is 0 Å². The molecule has 37 heavy (non-hydrogen) atoms. The average molecular weight is 500 g/mol. The van der Waals surface area contributed by atoms with E-state index in [1.165, 1.54) is 0 Å². The lowest BCUT2D eigenvalue weighted by molar-refractivity contribution is 0.295. The summed E-state index contributed by atoms with van der Waals surface area (Å²) < 4.78 is 24.8. The third-order valence-electron chi connectivity index (χ3n) is 6.85. The summed E-state index contributed by atoms with van der Waals surface area (Å²) in [5, 5.41) is 4.40. The first-order valence-electron chi connectivity index (χ1n) is 12.0. The predicted octanol–water partition coefficient (Wildman–Crippen LogP) is 8.87. The molecule has 0 radical (unpaired) electrons. The van der Waals surface area contributed by atoms with Gasteiger partial charge in [0.05, 0.1) is 0 Å². The van der Waals surface area contributed by atoms with Crippen molar-refractivity contribution in [2.45, 2.75) is 0 Å². The Morgan fingerprint density at radius 2 is 0.865 bits per heavy atom. The summed E-state index contributed by atoms with van der Waals surface area (Å²) in [6, 6.07) is 39.9. The standard InChI is InChI=1S/C32H21O4P/c33-37(34)35-31-27(25-17-15-21-7-1-3-9-23(21)19-25)11-5-13-29(31)30-14-6-12-28(32(30)36-37)26-18-16-22-8-2-4-10-24(22)20-26/h1-20H,(H,33,34). The summed E-state index contributed by atoms with van der Waals surface area (Å²) in [6.45, 7) is 0. The molecular weight excluding hydrogens is 479 g/mol. The molecule has 1 N–H and O–H groups in total. The van der Waals surface area contributed by atoms with E-state index in [0.29, 0.717) is 22.6 Å². The molecule has 6 aromatic rings. The van der Waals surface area contributed by atoms with Gasteiger partial charge < -0.3 is 9.05 Å². The maximum absolute atomic E-state index is 13.3. The second kappa shape index (κ2) is 8.35. The number of fused-ring (bicyclic) bond motifs is 5. The van der Waals surface area contributed by atoms with Crippen molar-refractivity contribution >= 4 is 29.4 Å². The van der Waals surface area contributed by atoms with Crippen molar-refractivity contribution in [2.24, 2.45) is 0 Å². The maximum atomic E-state index is 13.3. The third-order valence-corrected chi connectivity index (χ3v) is 7.68. The fraction of sp³-hybridized carbons (Fsp3) is 0. The number of para-hydroxylation sites is 2. The molecule has 0 fully saturated rings. The fourth-order valence-corrected chi connectivity index (χ4v) is 6.00. The lowest BCUT2D eigenvalue weighted by Crippen LogP contribution is -1.99. The summed E-state index contributed by atoms with van der Waals surface area (Å²) in [5.41, 5.74) is 4.65. The largest absolute Gasteiger partial charge is 0.584 e. The molecule has 4 nitrogen and oxygen atoms in total. The Labute approximate surface area is 214 Å². The number of rotatable bonds is 2. The fourth-order valence-electron chi connectivity index (χ4n) is 5.11. The topological polar surface area (TPSA) is 55.8 Å². The van der Waals surface area contributed by atoms with E-state index in [2.05, 4.69) is 24.3 Å². The Hall–Kier alpha value is -4.37. The van der Waals surface area contributed by atoms with Crippen molar-refractivity contribution in [2.75, 3.05) is 0 Å². The van der Waals surface area contributed by atoms with Gasteiger partial charge in [0.1, 0.15) is 11.5 Å². The van der Waals surface area contributed by atoms with Crippen LogP contribution in [0.3, 0.4) is 0 Å². The number of hydrogen-bond donors (Lipinski definition) is 1. The van der Waals surface area contributed by atoms with Crippen LogP contribution >= 0.6 is 7.82 Å². The molecule has 1 aliphatic heterocycles. The monoisotopic (exact) mass is 500 g/mol. The van der Waals surface area contributed by atoms with E-state index in [-0.39, 0.29) is 0 Å². The van der Waals surface area contributed by atoms with E-state index in [9.17, 15) is 9.46 Å². The Kier molecular flexibility index (Phi) is 4.93. The number of phosphoric acid groups is 1. The number of hydrogen-bond acceptors (Lipinski definition) is 3. The van der Waals surface area contributed by atoms with Crippen LogP contribution < -0.4 is 9.05 Å². The molecule has 0 aromatic heterocycles. The molecule has 0 saturated carbocycles. The highest BCUT2D eigenvalue weighted by Gasteiger charge is 2.35. The van der Waals surface area contributed by atoms with Crippen LogP contribution in [0.1, 0.15) is 0 Å². The average Bonchev–Trinajstić information content (AvgIpc) is 3.04. The Morgan fingerprint density at radius 3 is 1.32 bits per heavy atom. The zero-order chi connectivity index (χ0) is 25.0. The number of phosphoric ester groups is 1. The third kappa shape index (κ3) is 3.79. The second-order valence-electron chi connectivity index (χ2n) is 9.14. The van der Waals surface area contributed by atoms with Gasteiger partial charge in [0.25, 0.3) is 0 Å². The van der Waals surface area contributed by atoms with Gasteiger partial charge in [0, 0.05) is 22.3 Å². The quantitative estimate of drug-likeness (QED) is 0.241. The van der Waals surface area contributed by atoms with Crippen LogP contribution in [-0.2, 0) is 4.57 Å². The predicted molar refractivity (Wildman–Crippen MR) is 149 cm³/mol. The van der Waals surface area contributed by atoms with Crippen LogP contribution in [0, 0.1) is 0 Å². The molecular formula is C32H21O4P. The smallest absolute Gasteiger partial charge is 0.394 e. The van der Waals surface area contributed by atoms with Crippen molar-refractivity contribution in [1.82, 2.24) is 0 Å². The zero-order valence-electron chi connectivity index (χ0n) is 19.7. The molecule has 7 rings (SSSR count). The van der Waals surface area contributed by atoms with Gasteiger partial charge in [-0.3, -0.25) is 4.89 Å². The number of benzene rings is 6. The summed E-state index contributed by atoms with van der Waals surface area (Å²) >= 11 is 0. The van der Waals surface area contributed by atoms with Crippen LogP contribution in [-0.4, -0.2) is 4.89 Å². The normalized spacial score (nSPS) is 13.8. The highest BCUT2D eigenvalue weighted by atomic mass is 31.2. The summed E-state index contributed by atoms with van der Waals surface area (Å²) in [5.74, 6) is 0.663. The van der Waals surface area contributed by atoms with Gasteiger partial charge in [-0.15, -0.1) is 0 Å². The minimum Gasteiger partial charge on any atom is -0.394 e. The van der Waals surface area contributed by atoms with Crippen molar-refractivity contribution in [3.05, 3.63) is 121 Å². The first-order chi connectivity index (χ1) is 18.1. The van der Waals surface area contributed by atoms with Crippen LogP contribution in [0.25, 0.3) is 54.9 Å². The van der Waals surface area contributed by atoms with E-state index < -0.39 is 7.82 Å². The maximum Gasteiger partial charge on any atom is 0.584 e. The molecule has 0 aliphatic carbocycles. The minimum absolute atomic E-state index is 0.332. The van der Waals surface area contributed by atoms with Crippen LogP contribution in [0.15, 0.2) is 121 Å². The highest BCUT2D eigenvalue weighted by molar-refractivity contribution is 7.48. The van der Waals surface area contributed by atoms with Crippen LogP contribution in [0.5, 0.6) is 11.5 Å². The molecule has 6 aromatic carbocycles. The van der Waals surface area contributed by atoms with Crippen LogP contribution in [0.4, 0.5) is 0 Å². The van der Waals surface area contributed by atoms with E-state index in [4.69, 9.17) is 9.05 Å². The van der Waals surface area contributed by atoms with Gasteiger partial charge in [-0.2, -0.15) is 0 Å². The summed E-state index contributed by atoms with van der Waals surface area (Å²) in [6.07, 6.45) is 0. The molecule has 0 bridgehead atoms. The second-order valence-corrected chi connectivity index (χ2v) is 10.4. The highest BCUT2D eigenvalue weighted by Crippen LogP contribution is 2.58. The van der Waals surface area contributed by atoms with Gasteiger partial charge >= 0.3 is 7.82 Å². The molecule has 1 aliphatic rings. The van der Waals surface area contributed by atoms with E-state index >= 15 is 0 Å². The van der Waals surface area contributed by atoms with Crippen molar-refractivity contribution in [3.8, 4) is 44.9 Å². The van der Waals surface area contributed by atoms with Gasteiger partial charge in [-0.05, 0) is 44.8 Å². The molecule has 5 heteroatoms. The van der Waals surface area contributed by atoms with Gasteiger partial charge in [0.2, 0.25) is 0 Å². The minimum atomic E-state index is -4.49. The van der Waals surface area contributed by atoms with E-state index in [0.717, 1.165) is 43.8 Å². The molecule has 0 unspecified atom stereocenters. The van der Waals surface area contributed by atoms with Crippen molar-refractivity contribution in [3.63, 3.8) is 0 Å². The lowest BCUT2D eigenvalue weighted by Gasteiger charge is -2.15. The van der Waals surface area contributed by atoms with Crippen molar-refractivity contribution < 1.29 is 18.5 Å². The summed E-state index contributed by atoms with van der Waals surface area (Å²) in [7, 11) is -4.49. The summed E-state index contributed by atoms with van der Waals surface area (Å²) in [4.78, 5) is 10.8. The SMILES string of the molecule is O=P1(O)Oc2c(-c3ccc4ccccc4c3)cccc2-c2cccc(-c3ccc4ccccc4c3)c2O1. The Balaban J connectivity index is 1.45. The molecule has 0 spiro atoms. The first kappa shape index (κ1) is 21.9. The first-order valence-corrected chi connectivity index (χ1v) is 13.5. The Morgan fingerprint density at radius 1 is 0.459 bits per heavy atom. The molecule has 0 saturated heterocycles. The van der Waals surface area contributed by atoms with Crippen molar-refractivity contribution in [1.29, 1.82) is 0 Å². The van der Waals surface area contributed by atoms with E-state index in [1.54, 1.807) is 0 Å². The van der Waals surface area contributed by atoms with Gasteiger partial charge in [0.15, 0.2) is 0 Å². The molecule has 178 valence electrons. The molecule has 0 amide bonds. The molecule has 0 atom stereocenters. The zero-order valence-corrected chi connectivity index (χ0v) is 20.6.